The number of fused-ring (bicyclic) bond motifs is 2. The van der Waals surface area contributed by atoms with Gasteiger partial charge in [-0.25, -0.2) is 9.50 Å². The predicted octanol–water partition coefficient (Wildman–Crippen LogP) is 3.36. The zero-order valence-corrected chi connectivity index (χ0v) is 20.0. The first kappa shape index (κ1) is 21.8. The number of aryl methyl sites for hydroxylation is 1. The Kier molecular flexibility index (Phi) is 5.72. The van der Waals surface area contributed by atoms with Crippen molar-refractivity contribution in [1.82, 2.24) is 19.9 Å². The zero-order valence-electron chi connectivity index (χ0n) is 20.0. The number of hydrogen-bond donors (Lipinski definition) is 2. The number of piperazine rings is 1. The Morgan fingerprint density at radius 1 is 1.00 bits per heavy atom. The average molecular weight is 467 g/mol. The van der Waals surface area contributed by atoms with Gasteiger partial charge in [0.1, 0.15) is 0 Å². The average Bonchev–Trinajstić information content (AvgIpc) is 3.31. The van der Waals surface area contributed by atoms with Gasteiger partial charge in [0.05, 0.1) is 24.2 Å². The quantitative estimate of drug-likeness (QED) is 0.470. The van der Waals surface area contributed by atoms with Gasteiger partial charge in [0.25, 0.3) is 0 Å². The summed E-state index contributed by atoms with van der Waals surface area (Å²) in [5.41, 5.74) is 9.72. The van der Waals surface area contributed by atoms with Gasteiger partial charge in [0, 0.05) is 67.3 Å². The smallest absolute Gasteiger partial charge is 0.154 e. The summed E-state index contributed by atoms with van der Waals surface area (Å²) in [6, 6.07) is 19.3. The molecule has 178 valence electrons. The third-order valence-electron chi connectivity index (χ3n) is 7.03. The summed E-state index contributed by atoms with van der Waals surface area (Å²) in [6.07, 6.45) is 4.13. The van der Waals surface area contributed by atoms with Gasteiger partial charge in [0.15, 0.2) is 5.65 Å². The molecule has 2 N–H and O–H groups in total. The molecule has 4 aromatic rings. The lowest BCUT2D eigenvalue weighted by Gasteiger charge is -2.30. The minimum Gasteiger partial charge on any atom is -0.395 e. The monoisotopic (exact) mass is 466 g/mol. The molecule has 0 bridgehead atoms. The molecule has 7 nitrogen and oxygen atoms in total. The van der Waals surface area contributed by atoms with Crippen molar-refractivity contribution >= 4 is 22.6 Å². The molecule has 2 aromatic heterocycles. The third kappa shape index (κ3) is 3.96. The summed E-state index contributed by atoms with van der Waals surface area (Å²) in [4.78, 5) is 9.35. The van der Waals surface area contributed by atoms with Crippen molar-refractivity contribution in [3.8, 4) is 11.1 Å². The molecular weight excluding hydrogens is 436 g/mol. The highest BCUT2D eigenvalue weighted by molar-refractivity contribution is 5.88. The second kappa shape index (κ2) is 9.17. The van der Waals surface area contributed by atoms with E-state index in [1.807, 2.05) is 16.8 Å². The van der Waals surface area contributed by atoms with E-state index in [2.05, 4.69) is 76.6 Å². The third-order valence-corrected chi connectivity index (χ3v) is 7.03. The van der Waals surface area contributed by atoms with Crippen LogP contribution in [0.3, 0.4) is 0 Å². The minimum absolute atomic E-state index is 0.132. The number of para-hydroxylation sites is 1. The summed E-state index contributed by atoms with van der Waals surface area (Å²) < 4.78 is 1.96. The molecule has 1 fully saturated rings. The van der Waals surface area contributed by atoms with E-state index in [9.17, 15) is 5.11 Å². The number of aliphatic hydroxyl groups is 1. The fourth-order valence-electron chi connectivity index (χ4n) is 5.21. The van der Waals surface area contributed by atoms with E-state index in [0.29, 0.717) is 6.54 Å². The number of β-amino-alcohol motifs (C(OH)–C–C–N with tert-alkyl or cyclic N) is 1. The number of anilines is 2. The van der Waals surface area contributed by atoms with Crippen LogP contribution in [0.5, 0.6) is 0 Å². The van der Waals surface area contributed by atoms with Crippen molar-refractivity contribution in [3.63, 3.8) is 0 Å². The van der Waals surface area contributed by atoms with Crippen molar-refractivity contribution in [1.29, 1.82) is 0 Å². The first-order valence-corrected chi connectivity index (χ1v) is 12.3. The Hall–Kier alpha value is -3.68. The topological polar surface area (TPSA) is 68.9 Å². The van der Waals surface area contributed by atoms with Crippen LogP contribution in [0.4, 0.5) is 11.4 Å². The maximum Gasteiger partial charge on any atom is 0.154 e. The molecule has 2 aliphatic rings. The second-order valence-corrected chi connectivity index (χ2v) is 9.15. The van der Waals surface area contributed by atoms with Crippen molar-refractivity contribution in [3.05, 3.63) is 83.8 Å². The molecule has 0 saturated carbocycles. The van der Waals surface area contributed by atoms with Crippen LogP contribution in [-0.4, -0.2) is 65.6 Å². The van der Waals surface area contributed by atoms with Crippen molar-refractivity contribution in [2.45, 2.75) is 6.92 Å². The lowest BCUT2D eigenvalue weighted by molar-refractivity contribution is 0.303. The van der Waals surface area contributed by atoms with Crippen LogP contribution in [0.25, 0.3) is 22.3 Å². The maximum atomic E-state index is 9.48. The van der Waals surface area contributed by atoms with Crippen LogP contribution < -0.4 is 15.1 Å². The van der Waals surface area contributed by atoms with Crippen LogP contribution in [0.1, 0.15) is 17.0 Å². The molecule has 1 saturated heterocycles. The van der Waals surface area contributed by atoms with Crippen LogP contribution >= 0.6 is 0 Å². The molecule has 4 heterocycles. The highest BCUT2D eigenvalue weighted by Gasteiger charge is 2.22. The maximum absolute atomic E-state index is 9.48. The molecule has 0 radical (unpaired) electrons. The Morgan fingerprint density at radius 3 is 2.60 bits per heavy atom. The van der Waals surface area contributed by atoms with E-state index in [1.54, 1.807) is 0 Å². The van der Waals surface area contributed by atoms with Gasteiger partial charge in [-0.2, -0.15) is 5.10 Å². The molecule has 0 atom stereocenters. The van der Waals surface area contributed by atoms with Crippen LogP contribution in [0.2, 0.25) is 0 Å². The largest absolute Gasteiger partial charge is 0.395 e. The molecule has 2 aliphatic heterocycles. The number of nitrogens with one attached hydrogen (secondary N) is 1. The predicted molar refractivity (Wildman–Crippen MR) is 141 cm³/mol. The van der Waals surface area contributed by atoms with Crippen molar-refractivity contribution in [2.75, 3.05) is 55.7 Å². The zero-order chi connectivity index (χ0) is 23.8. The van der Waals surface area contributed by atoms with Crippen molar-refractivity contribution in [2.24, 2.45) is 0 Å². The molecule has 0 aliphatic carbocycles. The number of hydrogen-bond acceptors (Lipinski definition) is 6. The van der Waals surface area contributed by atoms with E-state index >= 15 is 0 Å². The summed E-state index contributed by atoms with van der Waals surface area (Å²) in [5.74, 6) is 0. The summed E-state index contributed by atoms with van der Waals surface area (Å²) in [5, 5.41) is 17.9. The summed E-state index contributed by atoms with van der Waals surface area (Å²) in [7, 11) is 0. The number of nitrogens with zero attached hydrogens (tertiary/aromatic N) is 5. The molecule has 0 spiro atoms. The van der Waals surface area contributed by atoms with Gasteiger partial charge in [-0.1, -0.05) is 36.4 Å². The van der Waals surface area contributed by atoms with Gasteiger partial charge in [-0.05, 0) is 36.8 Å². The molecule has 0 unspecified atom stereocenters. The fourth-order valence-corrected chi connectivity index (χ4v) is 5.21. The minimum atomic E-state index is 0.132. The highest BCUT2D eigenvalue weighted by Crippen LogP contribution is 2.36. The number of benzene rings is 2. The first-order chi connectivity index (χ1) is 17.2. The van der Waals surface area contributed by atoms with E-state index in [-0.39, 0.29) is 6.61 Å². The second-order valence-electron chi connectivity index (χ2n) is 9.15. The van der Waals surface area contributed by atoms with Crippen LogP contribution in [0.15, 0.2) is 66.9 Å². The van der Waals surface area contributed by atoms with Crippen LogP contribution in [-0.2, 0) is 0 Å². The molecular formula is C28H30N6O. The Balaban J connectivity index is 1.34. The number of aliphatic hydroxyl groups excluding tert-OH is 1. The molecule has 7 heteroatoms. The Labute approximate surface area is 205 Å². The SMILES string of the molecule is Cc1nn2c(C3=CCN(CCO)c4ccccc43)cnc2cc1-c1ccc(N2CCNCC2)cc1. The van der Waals surface area contributed by atoms with E-state index in [0.717, 1.165) is 77.7 Å². The molecule has 35 heavy (non-hydrogen) atoms. The van der Waals surface area contributed by atoms with Gasteiger partial charge in [-0.15, -0.1) is 0 Å². The van der Waals surface area contributed by atoms with E-state index in [4.69, 9.17) is 10.1 Å². The fraction of sp³-hybridized carbons (Fsp3) is 0.286. The standard InChI is InChI=1S/C28H30N6O/c1-20-25(21-6-8-22(9-7-21)32-14-11-29-12-15-32)18-28-30-19-27(34(28)31-20)24-10-13-33(16-17-35)26-5-3-2-4-23(24)26/h2-10,18-19,29,35H,11-17H2,1H3. The lowest BCUT2D eigenvalue weighted by Crippen LogP contribution is -2.43. The van der Waals surface area contributed by atoms with Gasteiger partial charge < -0.3 is 20.2 Å². The molecule has 2 aromatic carbocycles. The normalized spacial score (nSPS) is 15.9. The number of imidazole rings is 1. The first-order valence-electron chi connectivity index (χ1n) is 12.3. The van der Waals surface area contributed by atoms with Crippen molar-refractivity contribution < 1.29 is 5.11 Å². The summed E-state index contributed by atoms with van der Waals surface area (Å²) >= 11 is 0. The van der Waals surface area contributed by atoms with E-state index < -0.39 is 0 Å². The Bertz CT molecular complexity index is 1380. The van der Waals surface area contributed by atoms with Gasteiger partial charge in [-0.3, -0.25) is 0 Å². The lowest BCUT2D eigenvalue weighted by atomic mass is 9.97. The summed E-state index contributed by atoms with van der Waals surface area (Å²) in [6.45, 7) is 7.70. The van der Waals surface area contributed by atoms with Crippen LogP contribution in [0, 0.1) is 6.92 Å². The van der Waals surface area contributed by atoms with Gasteiger partial charge in [0.2, 0.25) is 0 Å². The van der Waals surface area contributed by atoms with Gasteiger partial charge >= 0.3 is 0 Å². The Morgan fingerprint density at radius 2 is 1.80 bits per heavy atom. The van der Waals surface area contributed by atoms with E-state index in [1.165, 1.54) is 5.69 Å². The number of aromatic nitrogens is 3. The number of rotatable bonds is 5. The molecule has 6 rings (SSSR count). The molecule has 0 amide bonds. The highest BCUT2D eigenvalue weighted by atomic mass is 16.3.